The molecule has 1 heteroatoms. The van der Waals surface area contributed by atoms with Crippen LogP contribution in [0.15, 0.2) is 36.4 Å². The molecule has 0 saturated carbocycles. The van der Waals surface area contributed by atoms with Crippen molar-refractivity contribution in [2.75, 3.05) is 0 Å². The summed E-state index contributed by atoms with van der Waals surface area (Å²) in [6.45, 7) is 8.13. The molecule has 2 N–H and O–H groups in total. The van der Waals surface area contributed by atoms with Crippen molar-refractivity contribution in [1.29, 1.82) is 0 Å². The van der Waals surface area contributed by atoms with E-state index in [9.17, 15) is 0 Å². The summed E-state index contributed by atoms with van der Waals surface area (Å²) in [5.41, 5.74) is 10.1. The average molecular weight is 217 g/mol. The number of benzene rings is 1. The molecule has 88 valence electrons. The summed E-state index contributed by atoms with van der Waals surface area (Å²) in [6.07, 6.45) is 4.26. The van der Waals surface area contributed by atoms with E-state index >= 15 is 0 Å². The first-order valence-electron chi connectivity index (χ1n) is 6.04. The first kappa shape index (κ1) is 13.0. The maximum atomic E-state index is 6.08. The van der Waals surface area contributed by atoms with Gasteiger partial charge in [-0.25, -0.2) is 0 Å². The molecular weight excluding hydrogens is 194 g/mol. The Morgan fingerprint density at radius 3 is 2.62 bits per heavy atom. The fourth-order valence-electron chi connectivity index (χ4n) is 1.81. The van der Waals surface area contributed by atoms with Crippen molar-refractivity contribution >= 4 is 0 Å². The highest BCUT2D eigenvalue weighted by molar-refractivity contribution is 5.25. The van der Waals surface area contributed by atoms with Crippen LogP contribution in [0.5, 0.6) is 0 Å². The summed E-state index contributed by atoms with van der Waals surface area (Å²) in [5, 5.41) is 0. The van der Waals surface area contributed by atoms with Gasteiger partial charge in [0.1, 0.15) is 0 Å². The number of aryl methyl sites for hydroxylation is 2. The number of hydrogen-bond donors (Lipinski definition) is 1. The quantitative estimate of drug-likeness (QED) is 0.724. The highest BCUT2D eigenvalue weighted by atomic mass is 14.6. The van der Waals surface area contributed by atoms with Gasteiger partial charge >= 0.3 is 0 Å². The molecule has 1 rings (SSSR count). The van der Waals surface area contributed by atoms with E-state index in [1.54, 1.807) is 0 Å². The van der Waals surface area contributed by atoms with Gasteiger partial charge in [0.05, 0.1) is 0 Å². The van der Waals surface area contributed by atoms with E-state index < -0.39 is 0 Å². The third kappa shape index (κ3) is 4.63. The highest BCUT2D eigenvalue weighted by Gasteiger charge is 2.04. The Morgan fingerprint density at radius 1 is 1.31 bits per heavy atom. The smallest absolute Gasteiger partial charge is 0.00450 e. The summed E-state index contributed by atoms with van der Waals surface area (Å²) in [7, 11) is 0. The Balaban J connectivity index is 2.34. The van der Waals surface area contributed by atoms with E-state index in [4.69, 9.17) is 5.73 Å². The number of rotatable bonds is 6. The maximum absolute atomic E-state index is 6.08. The Labute approximate surface area is 99.4 Å². The van der Waals surface area contributed by atoms with Crippen LogP contribution in [0.25, 0.3) is 0 Å². The molecule has 0 radical (unpaired) electrons. The summed E-state index contributed by atoms with van der Waals surface area (Å²) in [4.78, 5) is 0. The first-order valence-corrected chi connectivity index (χ1v) is 6.04. The van der Waals surface area contributed by atoms with Gasteiger partial charge in [-0.1, -0.05) is 29.8 Å². The van der Waals surface area contributed by atoms with Crippen LogP contribution in [0.2, 0.25) is 0 Å². The summed E-state index contributed by atoms with van der Waals surface area (Å²) >= 11 is 0. The minimum absolute atomic E-state index is 0.302. The normalized spacial score (nSPS) is 12.4. The van der Waals surface area contributed by atoms with E-state index in [1.807, 2.05) is 0 Å². The van der Waals surface area contributed by atoms with Crippen molar-refractivity contribution in [1.82, 2.24) is 0 Å². The zero-order valence-corrected chi connectivity index (χ0v) is 10.5. The lowest BCUT2D eigenvalue weighted by Gasteiger charge is -2.12. The minimum atomic E-state index is 0.302. The van der Waals surface area contributed by atoms with E-state index in [1.165, 1.54) is 16.7 Å². The number of hydrogen-bond acceptors (Lipinski definition) is 1. The van der Waals surface area contributed by atoms with Crippen LogP contribution in [-0.2, 0) is 6.42 Å². The molecule has 0 bridgehead atoms. The molecule has 1 unspecified atom stereocenters. The summed E-state index contributed by atoms with van der Waals surface area (Å²) in [5.74, 6) is 0. The third-order valence-electron chi connectivity index (χ3n) is 2.99. The number of allylic oxidation sites excluding steroid dienone is 1. The summed E-state index contributed by atoms with van der Waals surface area (Å²) in [6, 6.07) is 8.84. The molecule has 0 aromatic heterocycles. The molecule has 0 aliphatic heterocycles. The Bertz CT molecular complexity index is 341. The predicted octanol–water partition coefficient (Wildman–Crippen LogP) is 3.61. The van der Waals surface area contributed by atoms with Crippen LogP contribution >= 0.6 is 0 Å². The van der Waals surface area contributed by atoms with E-state index in [-0.39, 0.29) is 0 Å². The standard InChI is InChI=1S/C15H23N/c1-12(2)8-10-15(16)11-9-14-7-5-4-6-13(14)3/h4-7,15H,1,8-11,16H2,2-3H3. The molecule has 0 aliphatic rings. The molecule has 16 heavy (non-hydrogen) atoms. The molecule has 1 atom stereocenters. The largest absolute Gasteiger partial charge is 0.328 e. The van der Waals surface area contributed by atoms with Gasteiger partial charge in [-0.05, 0) is 50.7 Å². The lowest BCUT2D eigenvalue weighted by molar-refractivity contribution is 0.567. The Kier molecular flexibility index (Phi) is 5.27. The van der Waals surface area contributed by atoms with Gasteiger partial charge < -0.3 is 5.73 Å². The van der Waals surface area contributed by atoms with Crippen molar-refractivity contribution in [2.24, 2.45) is 5.73 Å². The summed E-state index contributed by atoms with van der Waals surface area (Å²) < 4.78 is 0. The molecule has 1 nitrogen and oxygen atoms in total. The average Bonchev–Trinajstić information content (AvgIpc) is 2.25. The molecule has 0 spiro atoms. The first-order chi connectivity index (χ1) is 7.59. The zero-order valence-electron chi connectivity index (χ0n) is 10.5. The third-order valence-corrected chi connectivity index (χ3v) is 2.99. The van der Waals surface area contributed by atoms with E-state index in [0.717, 1.165) is 25.7 Å². The molecule has 1 aromatic rings. The fourth-order valence-corrected chi connectivity index (χ4v) is 1.81. The van der Waals surface area contributed by atoms with Crippen molar-refractivity contribution in [2.45, 2.75) is 45.6 Å². The fraction of sp³-hybridized carbons (Fsp3) is 0.467. The van der Waals surface area contributed by atoms with Crippen LogP contribution in [-0.4, -0.2) is 6.04 Å². The van der Waals surface area contributed by atoms with E-state index in [2.05, 4.69) is 44.7 Å². The maximum Gasteiger partial charge on any atom is 0.00450 e. The molecular formula is C15H23N. The van der Waals surface area contributed by atoms with Crippen LogP contribution in [0.4, 0.5) is 0 Å². The monoisotopic (exact) mass is 217 g/mol. The van der Waals surface area contributed by atoms with Crippen LogP contribution in [0.3, 0.4) is 0 Å². The molecule has 1 aromatic carbocycles. The van der Waals surface area contributed by atoms with Gasteiger partial charge in [0.2, 0.25) is 0 Å². The molecule has 0 fully saturated rings. The topological polar surface area (TPSA) is 26.0 Å². The van der Waals surface area contributed by atoms with Gasteiger partial charge in [0, 0.05) is 6.04 Å². The Hall–Kier alpha value is -1.08. The molecule has 0 aliphatic carbocycles. The lowest BCUT2D eigenvalue weighted by Crippen LogP contribution is -2.20. The van der Waals surface area contributed by atoms with Crippen LogP contribution in [0, 0.1) is 6.92 Å². The number of nitrogens with two attached hydrogens (primary N) is 1. The predicted molar refractivity (Wildman–Crippen MR) is 71.5 cm³/mol. The highest BCUT2D eigenvalue weighted by Crippen LogP contribution is 2.12. The van der Waals surface area contributed by atoms with E-state index in [0.29, 0.717) is 6.04 Å². The SMILES string of the molecule is C=C(C)CCC(N)CCc1ccccc1C. The van der Waals surface area contributed by atoms with Gasteiger partial charge in [0.15, 0.2) is 0 Å². The van der Waals surface area contributed by atoms with Crippen molar-refractivity contribution in [3.8, 4) is 0 Å². The van der Waals surface area contributed by atoms with Gasteiger partial charge in [-0.15, -0.1) is 6.58 Å². The molecule has 0 saturated heterocycles. The zero-order chi connectivity index (χ0) is 12.0. The van der Waals surface area contributed by atoms with Crippen molar-refractivity contribution in [3.05, 3.63) is 47.5 Å². The van der Waals surface area contributed by atoms with Crippen molar-refractivity contribution < 1.29 is 0 Å². The second-order valence-corrected chi connectivity index (χ2v) is 4.72. The van der Waals surface area contributed by atoms with Crippen LogP contribution in [0.1, 0.15) is 37.3 Å². The second kappa shape index (κ2) is 6.49. The van der Waals surface area contributed by atoms with Gasteiger partial charge in [-0.2, -0.15) is 0 Å². The van der Waals surface area contributed by atoms with Gasteiger partial charge in [0.25, 0.3) is 0 Å². The van der Waals surface area contributed by atoms with Gasteiger partial charge in [-0.3, -0.25) is 0 Å². The van der Waals surface area contributed by atoms with Crippen molar-refractivity contribution in [3.63, 3.8) is 0 Å². The lowest BCUT2D eigenvalue weighted by atomic mass is 9.98. The molecule has 0 amide bonds. The molecule has 0 heterocycles. The minimum Gasteiger partial charge on any atom is -0.328 e. The second-order valence-electron chi connectivity index (χ2n) is 4.72. The Morgan fingerprint density at radius 2 is 2.00 bits per heavy atom. The van der Waals surface area contributed by atoms with Crippen LogP contribution < -0.4 is 5.73 Å².